The number of carbonyl (C=O) groups is 3. The Hall–Kier alpha value is -3.16. The topological polar surface area (TPSA) is 87.5 Å². The molecule has 1 aliphatic carbocycles. The molecule has 8 heteroatoms. The van der Waals surface area contributed by atoms with Gasteiger partial charge in [0.05, 0.1) is 0 Å². The van der Waals surface area contributed by atoms with Gasteiger partial charge in [-0.15, -0.1) is 0 Å². The van der Waals surface area contributed by atoms with Gasteiger partial charge in [-0.25, -0.2) is 0 Å². The van der Waals surface area contributed by atoms with E-state index in [2.05, 4.69) is 24.3 Å². The third kappa shape index (κ3) is 5.97. The van der Waals surface area contributed by atoms with Crippen molar-refractivity contribution in [3.63, 3.8) is 0 Å². The first-order valence-corrected chi connectivity index (χ1v) is 13.3. The monoisotopic (exact) mass is 493 g/mol. The first-order valence-electron chi connectivity index (χ1n) is 13.3. The maximum absolute atomic E-state index is 13.5. The molecule has 2 heterocycles. The van der Waals surface area contributed by atoms with E-state index in [-0.39, 0.29) is 23.8 Å². The summed E-state index contributed by atoms with van der Waals surface area (Å²) < 4.78 is 1.82. The van der Waals surface area contributed by atoms with Crippen LogP contribution in [0.15, 0.2) is 30.3 Å². The van der Waals surface area contributed by atoms with Crippen LogP contribution < -0.4 is 5.32 Å². The molecule has 3 amide bonds. The largest absolute Gasteiger partial charge is 0.351 e. The quantitative estimate of drug-likeness (QED) is 0.709. The second kappa shape index (κ2) is 11.7. The zero-order chi connectivity index (χ0) is 25.7. The summed E-state index contributed by atoms with van der Waals surface area (Å²) in [5.41, 5.74) is 3.18. The third-order valence-electron chi connectivity index (χ3n) is 7.37. The molecule has 4 rings (SSSR count). The number of benzene rings is 1. The van der Waals surface area contributed by atoms with E-state index in [1.165, 1.54) is 0 Å². The molecule has 1 N–H and O–H groups in total. The highest BCUT2D eigenvalue weighted by atomic mass is 16.2. The van der Waals surface area contributed by atoms with Gasteiger partial charge in [0.25, 0.3) is 11.8 Å². The zero-order valence-corrected chi connectivity index (χ0v) is 21.8. The number of nitrogens with one attached hydrogen (secondary N) is 1. The molecule has 1 aromatic carbocycles. The fourth-order valence-corrected chi connectivity index (χ4v) is 5.33. The van der Waals surface area contributed by atoms with Crippen LogP contribution in [0.2, 0.25) is 0 Å². The summed E-state index contributed by atoms with van der Waals surface area (Å²) in [7, 11) is 1.89. The van der Waals surface area contributed by atoms with Gasteiger partial charge in [0.2, 0.25) is 5.91 Å². The Morgan fingerprint density at radius 2 is 1.86 bits per heavy atom. The minimum Gasteiger partial charge on any atom is -0.351 e. The van der Waals surface area contributed by atoms with Crippen molar-refractivity contribution in [3.8, 4) is 0 Å². The third-order valence-corrected chi connectivity index (χ3v) is 7.37. The predicted octanol–water partition coefficient (Wildman–Crippen LogP) is 3.21. The van der Waals surface area contributed by atoms with E-state index in [0.717, 1.165) is 30.5 Å². The van der Waals surface area contributed by atoms with Crippen LogP contribution >= 0.6 is 0 Å². The Morgan fingerprint density at radius 3 is 2.61 bits per heavy atom. The van der Waals surface area contributed by atoms with Gasteiger partial charge >= 0.3 is 0 Å². The van der Waals surface area contributed by atoms with Crippen molar-refractivity contribution in [1.82, 2.24) is 24.9 Å². The number of nitrogens with zero attached hydrogens (tertiary/aromatic N) is 4. The number of amides is 3. The molecule has 2 aromatic rings. The molecule has 0 fully saturated rings. The summed E-state index contributed by atoms with van der Waals surface area (Å²) in [5.74, 6) is 0.416. The average Bonchev–Trinajstić information content (AvgIpc) is 3.20. The second-order valence-corrected chi connectivity index (χ2v) is 10.4. The molecule has 1 atom stereocenters. The lowest BCUT2D eigenvalue weighted by molar-refractivity contribution is -0.134. The van der Waals surface area contributed by atoms with Crippen LogP contribution in [0, 0.1) is 5.92 Å². The van der Waals surface area contributed by atoms with E-state index in [9.17, 15) is 14.4 Å². The van der Waals surface area contributed by atoms with E-state index in [0.29, 0.717) is 69.0 Å². The predicted molar refractivity (Wildman–Crippen MR) is 139 cm³/mol. The minimum absolute atomic E-state index is 0.0391. The standard InChI is InChI=1S/C28H39N5O3/c1-20(2)14-18-33-22-12-13-24-23(19-22)26(30-31(24)3)27(35)29-15-8-17-32(16-7-11-25(33)34)28(36)21-9-5-4-6-10-21/h4-6,9-10,20,22H,7-8,11-19H2,1-3H3,(H,29,35). The molecule has 2 aliphatic rings. The van der Waals surface area contributed by atoms with Crippen molar-refractivity contribution in [1.29, 1.82) is 0 Å². The molecule has 1 aromatic heterocycles. The average molecular weight is 494 g/mol. The van der Waals surface area contributed by atoms with Gasteiger partial charge < -0.3 is 15.1 Å². The number of hydrogen-bond donors (Lipinski definition) is 1. The van der Waals surface area contributed by atoms with E-state index >= 15 is 0 Å². The van der Waals surface area contributed by atoms with Gasteiger partial charge in [-0.3, -0.25) is 19.1 Å². The van der Waals surface area contributed by atoms with Crippen LogP contribution in [0.1, 0.15) is 78.1 Å². The fraction of sp³-hybridized carbons (Fsp3) is 0.571. The summed E-state index contributed by atoms with van der Waals surface area (Å²) >= 11 is 0. The highest BCUT2D eigenvalue weighted by molar-refractivity contribution is 5.95. The van der Waals surface area contributed by atoms with Crippen molar-refractivity contribution < 1.29 is 14.4 Å². The Kier molecular flexibility index (Phi) is 8.44. The van der Waals surface area contributed by atoms with Crippen LogP contribution in [0.25, 0.3) is 0 Å². The Bertz CT molecular complexity index is 1080. The van der Waals surface area contributed by atoms with Crippen molar-refractivity contribution in [3.05, 3.63) is 52.8 Å². The van der Waals surface area contributed by atoms with Gasteiger partial charge in [-0.1, -0.05) is 32.0 Å². The van der Waals surface area contributed by atoms with Gasteiger partial charge in [-0.2, -0.15) is 5.10 Å². The number of carbonyl (C=O) groups excluding carboxylic acids is 3. The fourth-order valence-electron chi connectivity index (χ4n) is 5.33. The summed E-state index contributed by atoms with van der Waals surface area (Å²) in [4.78, 5) is 43.6. The minimum atomic E-state index is -0.177. The lowest BCUT2D eigenvalue weighted by atomic mass is 9.89. The van der Waals surface area contributed by atoms with Gasteiger partial charge in [0.1, 0.15) is 0 Å². The maximum Gasteiger partial charge on any atom is 0.272 e. The highest BCUT2D eigenvalue weighted by Crippen LogP contribution is 2.28. The number of rotatable bonds is 4. The van der Waals surface area contributed by atoms with E-state index < -0.39 is 0 Å². The lowest BCUT2D eigenvalue weighted by Gasteiger charge is -2.35. The van der Waals surface area contributed by atoms with Crippen molar-refractivity contribution in [2.75, 3.05) is 26.2 Å². The molecule has 36 heavy (non-hydrogen) atoms. The molecule has 0 saturated carbocycles. The summed E-state index contributed by atoms with van der Waals surface area (Å²) in [5, 5.41) is 7.57. The second-order valence-electron chi connectivity index (χ2n) is 10.4. The molecule has 194 valence electrons. The molecule has 0 spiro atoms. The Balaban J connectivity index is 1.59. The molecule has 0 radical (unpaired) electrons. The molecule has 0 saturated heterocycles. The Morgan fingerprint density at radius 1 is 1.11 bits per heavy atom. The Labute approximate surface area is 214 Å². The molecule has 1 unspecified atom stereocenters. The normalized spacial score (nSPS) is 19.6. The molecule has 1 aliphatic heterocycles. The summed E-state index contributed by atoms with van der Waals surface area (Å²) in [6, 6.07) is 9.31. The van der Waals surface area contributed by atoms with Crippen molar-refractivity contribution >= 4 is 17.7 Å². The first kappa shape index (κ1) is 25.9. The maximum atomic E-state index is 13.5. The molecule has 2 bridgehead atoms. The zero-order valence-electron chi connectivity index (χ0n) is 21.8. The van der Waals surface area contributed by atoms with Crippen LogP contribution in [0.3, 0.4) is 0 Å². The summed E-state index contributed by atoms with van der Waals surface area (Å²) in [6.07, 6.45) is 4.95. The van der Waals surface area contributed by atoms with Crippen molar-refractivity contribution in [2.24, 2.45) is 13.0 Å². The highest BCUT2D eigenvalue weighted by Gasteiger charge is 2.33. The number of fused-ring (bicyclic) bond motifs is 1. The molecular weight excluding hydrogens is 454 g/mol. The van der Waals surface area contributed by atoms with Crippen LogP contribution in [-0.4, -0.2) is 69.5 Å². The lowest BCUT2D eigenvalue weighted by Crippen LogP contribution is -2.45. The number of hydrogen-bond acceptors (Lipinski definition) is 4. The van der Waals surface area contributed by atoms with Crippen LogP contribution in [0.4, 0.5) is 0 Å². The smallest absolute Gasteiger partial charge is 0.272 e. The summed E-state index contributed by atoms with van der Waals surface area (Å²) in [6.45, 7) is 6.56. The first-order chi connectivity index (χ1) is 17.3. The van der Waals surface area contributed by atoms with Gasteiger partial charge in [0, 0.05) is 62.5 Å². The number of aromatic nitrogens is 2. The van der Waals surface area contributed by atoms with Gasteiger partial charge in [-0.05, 0) is 56.6 Å². The van der Waals surface area contributed by atoms with E-state index in [1.807, 2.05) is 51.9 Å². The van der Waals surface area contributed by atoms with Crippen LogP contribution in [0.5, 0.6) is 0 Å². The van der Waals surface area contributed by atoms with Crippen molar-refractivity contribution in [2.45, 2.75) is 64.8 Å². The molecular formula is C28H39N5O3. The van der Waals surface area contributed by atoms with Gasteiger partial charge in [0.15, 0.2) is 5.69 Å². The van der Waals surface area contributed by atoms with E-state index in [1.54, 1.807) is 0 Å². The number of aryl methyl sites for hydroxylation is 1. The molecule has 8 nitrogen and oxygen atoms in total. The van der Waals surface area contributed by atoms with Crippen LogP contribution in [-0.2, 0) is 24.7 Å². The van der Waals surface area contributed by atoms with E-state index in [4.69, 9.17) is 0 Å². The SMILES string of the molecule is CC(C)CCN1C(=O)CCCN(C(=O)c2ccccc2)CCCNC(=O)c2nn(C)c3c2CC1CC3.